The summed E-state index contributed by atoms with van der Waals surface area (Å²) in [5.74, 6) is 2.03. The van der Waals surface area contributed by atoms with E-state index in [0.717, 1.165) is 21.7 Å². The van der Waals surface area contributed by atoms with E-state index in [1.165, 1.54) is 22.3 Å². The molecule has 0 saturated carbocycles. The van der Waals surface area contributed by atoms with Crippen molar-refractivity contribution in [2.24, 2.45) is 0 Å². The monoisotopic (exact) mass is 335 g/mol. The number of hydrogen-bond donors (Lipinski definition) is 1. The predicted molar refractivity (Wildman–Crippen MR) is 89.5 cm³/mol. The number of nitrogen functional groups attached to an aromatic ring is 1. The molecule has 0 aliphatic heterocycles. The summed E-state index contributed by atoms with van der Waals surface area (Å²) in [6.45, 7) is 4.30. The number of aryl methyl sites for hydroxylation is 2. The maximum Gasteiger partial charge on any atom is 0.0461 e. The molecule has 0 amide bonds. The van der Waals surface area contributed by atoms with Gasteiger partial charge in [-0.1, -0.05) is 35.4 Å². The number of thioether (sulfide) groups is 1. The lowest BCUT2D eigenvalue weighted by molar-refractivity contribution is 1.29. The third-order valence-electron chi connectivity index (χ3n) is 2.88. The molecule has 2 rings (SSSR count). The molecule has 0 atom stereocenters. The second kappa shape index (κ2) is 6.49. The van der Waals surface area contributed by atoms with Crippen LogP contribution in [-0.4, -0.2) is 0 Å². The fraction of sp³-hybridized carbons (Fsp3) is 0.250. The minimum Gasteiger partial charge on any atom is -0.398 e. The van der Waals surface area contributed by atoms with Crippen LogP contribution in [0.5, 0.6) is 0 Å². The van der Waals surface area contributed by atoms with Crippen LogP contribution in [0.3, 0.4) is 0 Å². The highest BCUT2D eigenvalue weighted by Crippen LogP contribution is 2.24. The third kappa shape index (κ3) is 4.29. The maximum absolute atomic E-state index is 5.89. The van der Waals surface area contributed by atoms with Gasteiger partial charge in [-0.2, -0.15) is 11.8 Å². The van der Waals surface area contributed by atoms with Crippen LogP contribution in [-0.2, 0) is 11.5 Å². The summed E-state index contributed by atoms with van der Waals surface area (Å²) in [4.78, 5) is 0. The molecule has 0 fully saturated rings. The second-order valence-electron chi connectivity index (χ2n) is 4.84. The third-order valence-corrected chi connectivity index (χ3v) is 4.68. The van der Waals surface area contributed by atoms with E-state index in [9.17, 15) is 0 Å². The van der Waals surface area contributed by atoms with Gasteiger partial charge in [0.2, 0.25) is 0 Å². The highest BCUT2D eigenvalue weighted by atomic mass is 79.9. The fourth-order valence-corrected chi connectivity index (χ4v) is 3.29. The Morgan fingerprint density at radius 3 is 2.21 bits per heavy atom. The van der Waals surface area contributed by atoms with Crippen LogP contribution in [0.1, 0.15) is 22.3 Å². The molecule has 0 radical (unpaired) electrons. The summed E-state index contributed by atoms with van der Waals surface area (Å²) >= 11 is 5.34. The van der Waals surface area contributed by atoms with E-state index in [-0.39, 0.29) is 0 Å². The van der Waals surface area contributed by atoms with Crippen molar-refractivity contribution < 1.29 is 0 Å². The number of hydrogen-bond acceptors (Lipinski definition) is 2. The van der Waals surface area contributed by atoms with E-state index in [1.54, 1.807) is 0 Å². The Morgan fingerprint density at radius 1 is 0.947 bits per heavy atom. The molecular weight excluding hydrogens is 318 g/mol. The lowest BCUT2D eigenvalue weighted by Crippen LogP contribution is -1.90. The molecule has 0 aliphatic rings. The normalized spacial score (nSPS) is 10.7. The molecule has 2 aromatic rings. The minimum absolute atomic E-state index is 0.810. The molecule has 0 heterocycles. The van der Waals surface area contributed by atoms with Crippen LogP contribution in [0.25, 0.3) is 0 Å². The van der Waals surface area contributed by atoms with Gasteiger partial charge in [0.1, 0.15) is 0 Å². The number of benzene rings is 2. The molecule has 3 heteroatoms. The molecule has 0 aliphatic carbocycles. The van der Waals surface area contributed by atoms with Crippen LogP contribution in [0.4, 0.5) is 5.69 Å². The van der Waals surface area contributed by atoms with Crippen LogP contribution in [0.2, 0.25) is 0 Å². The van der Waals surface area contributed by atoms with E-state index in [2.05, 4.69) is 54.0 Å². The molecule has 19 heavy (non-hydrogen) atoms. The summed E-state index contributed by atoms with van der Waals surface area (Å²) in [7, 11) is 0. The van der Waals surface area contributed by atoms with Gasteiger partial charge >= 0.3 is 0 Å². The molecule has 0 aromatic heterocycles. The maximum atomic E-state index is 5.89. The quantitative estimate of drug-likeness (QED) is 0.788. The van der Waals surface area contributed by atoms with Crippen molar-refractivity contribution in [2.45, 2.75) is 25.4 Å². The van der Waals surface area contributed by atoms with Crippen molar-refractivity contribution in [1.29, 1.82) is 0 Å². The summed E-state index contributed by atoms with van der Waals surface area (Å²) in [6.07, 6.45) is 0. The van der Waals surface area contributed by atoms with Crippen LogP contribution >= 0.6 is 27.7 Å². The Balaban J connectivity index is 1.94. The highest BCUT2D eigenvalue weighted by Gasteiger charge is 2.00. The number of nitrogens with two attached hydrogens (primary N) is 1. The van der Waals surface area contributed by atoms with Gasteiger partial charge in [0, 0.05) is 21.7 Å². The Morgan fingerprint density at radius 2 is 1.58 bits per heavy atom. The topological polar surface area (TPSA) is 26.0 Å². The Kier molecular flexibility index (Phi) is 4.94. The summed E-state index contributed by atoms with van der Waals surface area (Å²) in [5, 5.41) is 0. The zero-order chi connectivity index (χ0) is 13.8. The van der Waals surface area contributed by atoms with Gasteiger partial charge < -0.3 is 5.73 Å². The van der Waals surface area contributed by atoms with E-state index < -0.39 is 0 Å². The minimum atomic E-state index is 0.810. The van der Waals surface area contributed by atoms with Gasteiger partial charge in [-0.05, 0) is 53.0 Å². The van der Waals surface area contributed by atoms with Crippen molar-refractivity contribution >= 4 is 33.4 Å². The highest BCUT2D eigenvalue weighted by molar-refractivity contribution is 9.10. The number of anilines is 1. The summed E-state index contributed by atoms with van der Waals surface area (Å²) in [6, 6.07) is 12.9. The Hall–Kier alpha value is -0.930. The van der Waals surface area contributed by atoms with Crippen molar-refractivity contribution in [2.75, 3.05) is 5.73 Å². The first kappa shape index (κ1) is 14.5. The smallest absolute Gasteiger partial charge is 0.0461 e. The molecule has 0 spiro atoms. The average Bonchev–Trinajstić information content (AvgIpc) is 2.32. The molecule has 2 N–H and O–H groups in total. The number of halogens is 1. The van der Waals surface area contributed by atoms with E-state index in [1.807, 2.05) is 23.9 Å². The molecule has 0 saturated heterocycles. The van der Waals surface area contributed by atoms with Crippen molar-refractivity contribution in [1.82, 2.24) is 0 Å². The first-order valence-electron chi connectivity index (χ1n) is 6.23. The van der Waals surface area contributed by atoms with Gasteiger partial charge in [-0.25, -0.2) is 0 Å². The van der Waals surface area contributed by atoms with Gasteiger partial charge in [0.25, 0.3) is 0 Å². The van der Waals surface area contributed by atoms with E-state index in [4.69, 9.17) is 5.73 Å². The SMILES string of the molecule is Cc1cc(C)cc(CSCc2ccc(Br)c(N)c2)c1. The molecule has 0 unspecified atom stereocenters. The zero-order valence-corrected chi connectivity index (χ0v) is 13.6. The molecule has 0 bridgehead atoms. The predicted octanol–water partition coefficient (Wildman–Crippen LogP) is 5.08. The van der Waals surface area contributed by atoms with Gasteiger partial charge in [0.05, 0.1) is 0 Å². The first-order valence-corrected chi connectivity index (χ1v) is 8.18. The largest absolute Gasteiger partial charge is 0.398 e. The zero-order valence-electron chi connectivity index (χ0n) is 11.2. The average molecular weight is 336 g/mol. The Bertz CT molecular complexity index is 561. The lowest BCUT2D eigenvalue weighted by Gasteiger charge is -2.06. The first-order chi connectivity index (χ1) is 9.04. The van der Waals surface area contributed by atoms with E-state index in [0.29, 0.717) is 0 Å². The van der Waals surface area contributed by atoms with Gasteiger partial charge in [-0.3, -0.25) is 0 Å². The molecule has 1 nitrogen and oxygen atoms in total. The van der Waals surface area contributed by atoms with E-state index >= 15 is 0 Å². The molecular formula is C16H18BrNS. The fourth-order valence-electron chi connectivity index (χ4n) is 2.12. The van der Waals surface area contributed by atoms with Crippen LogP contribution in [0, 0.1) is 13.8 Å². The van der Waals surface area contributed by atoms with Gasteiger partial charge in [-0.15, -0.1) is 0 Å². The summed E-state index contributed by atoms with van der Waals surface area (Å²) < 4.78 is 0.968. The second-order valence-corrected chi connectivity index (χ2v) is 6.68. The van der Waals surface area contributed by atoms with Crippen molar-refractivity contribution in [3.63, 3.8) is 0 Å². The summed E-state index contributed by atoms with van der Waals surface area (Å²) in [5.41, 5.74) is 12.0. The van der Waals surface area contributed by atoms with Crippen molar-refractivity contribution in [3.8, 4) is 0 Å². The van der Waals surface area contributed by atoms with Gasteiger partial charge in [0.15, 0.2) is 0 Å². The molecule has 2 aromatic carbocycles. The van der Waals surface area contributed by atoms with Crippen LogP contribution in [0.15, 0.2) is 40.9 Å². The number of rotatable bonds is 4. The lowest BCUT2D eigenvalue weighted by atomic mass is 10.1. The van der Waals surface area contributed by atoms with Crippen molar-refractivity contribution in [3.05, 3.63) is 63.1 Å². The molecule has 100 valence electrons. The standard InChI is InChI=1S/C16H18BrNS/c1-11-5-12(2)7-14(6-11)10-19-9-13-3-4-15(17)16(18)8-13/h3-8H,9-10,18H2,1-2H3. The Labute approximate surface area is 127 Å². The van der Waals surface area contributed by atoms with Crippen LogP contribution < -0.4 is 5.73 Å².